The Morgan fingerprint density at radius 2 is 2.00 bits per heavy atom. The van der Waals surface area contributed by atoms with Crippen molar-refractivity contribution in [3.8, 4) is 0 Å². The minimum Gasteiger partial charge on any atom is -0.423 e. The monoisotopic (exact) mass is 151 g/mol. The standard InChI is InChI=1S/C7H10BNO2/c1-5-3-2-4-6(9)7(5)8(10)11/h2-4,10-11H,9H2,1H3. The van der Waals surface area contributed by atoms with E-state index in [4.69, 9.17) is 15.8 Å². The lowest BCUT2D eigenvalue weighted by Crippen LogP contribution is -2.34. The van der Waals surface area contributed by atoms with E-state index in [9.17, 15) is 0 Å². The Labute approximate surface area is 65.6 Å². The highest BCUT2D eigenvalue weighted by Crippen LogP contribution is 2.02. The highest BCUT2D eigenvalue weighted by atomic mass is 16.4. The van der Waals surface area contributed by atoms with E-state index in [0.29, 0.717) is 11.2 Å². The molecule has 0 unspecified atom stereocenters. The second-order valence-electron chi connectivity index (χ2n) is 2.45. The Morgan fingerprint density at radius 3 is 2.36 bits per heavy atom. The first-order chi connectivity index (χ1) is 5.13. The number of aryl methyl sites for hydroxylation is 1. The van der Waals surface area contributed by atoms with Gasteiger partial charge in [0.2, 0.25) is 0 Å². The van der Waals surface area contributed by atoms with Gasteiger partial charge in [-0.05, 0) is 18.6 Å². The van der Waals surface area contributed by atoms with Crippen LogP contribution in [-0.4, -0.2) is 17.2 Å². The van der Waals surface area contributed by atoms with Gasteiger partial charge in [-0.15, -0.1) is 0 Å². The molecule has 1 rings (SSSR count). The van der Waals surface area contributed by atoms with Crippen molar-refractivity contribution in [2.45, 2.75) is 6.92 Å². The Balaban J connectivity index is 3.21. The average Bonchev–Trinajstić information content (AvgIpc) is 1.85. The summed E-state index contributed by atoms with van der Waals surface area (Å²) in [5.41, 5.74) is 7.11. The molecule has 1 aromatic carbocycles. The SMILES string of the molecule is Cc1cccc(N)c1B(O)O. The number of nitrogen functional groups attached to an aromatic ring is 1. The second-order valence-corrected chi connectivity index (χ2v) is 2.45. The first kappa shape index (κ1) is 8.10. The molecule has 58 valence electrons. The van der Waals surface area contributed by atoms with Gasteiger partial charge < -0.3 is 15.8 Å². The summed E-state index contributed by atoms with van der Waals surface area (Å²) in [5, 5.41) is 17.7. The molecule has 0 aromatic heterocycles. The molecule has 0 aliphatic carbocycles. The fourth-order valence-corrected chi connectivity index (χ4v) is 1.06. The fraction of sp³-hybridized carbons (Fsp3) is 0.143. The summed E-state index contributed by atoms with van der Waals surface area (Å²) in [6.07, 6.45) is 0. The van der Waals surface area contributed by atoms with Crippen LogP contribution < -0.4 is 11.2 Å². The third-order valence-corrected chi connectivity index (χ3v) is 1.62. The van der Waals surface area contributed by atoms with Crippen molar-refractivity contribution in [2.24, 2.45) is 0 Å². The van der Waals surface area contributed by atoms with Crippen LogP contribution in [0.3, 0.4) is 0 Å². The quantitative estimate of drug-likeness (QED) is 0.365. The summed E-state index contributed by atoms with van der Waals surface area (Å²) in [5.74, 6) is 0. The van der Waals surface area contributed by atoms with Gasteiger partial charge in [0.25, 0.3) is 0 Å². The van der Waals surface area contributed by atoms with Gasteiger partial charge in [-0.25, -0.2) is 0 Å². The molecule has 1 aromatic rings. The van der Waals surface area contributed by atoms with Gasteiger partial charge in [0.05, 0.1) is 0 Å². The number of nitrogens with two attached hydrogens (primary N) is 1. The molecule has 0 radical (unpaired) electrons. The molecule has 4 N–H and O–H groups in total. The van der Waals surface area contributed by atoms with Crippen molar-refractivity contribution in [1.82, 2.24) is 0 Å². The molecule has 4 heteroatoms. The number of hydrogen-bond donors (Lipinski definition) is 3. The van der Waals surface area contributed by atoms with Crippen LogP contribution in [0.25, 0.3) is 0 Å². The summed E-state index contributed by atoms with van der Waals surface area (Å²) < 4.78 is 0. The smallest absolute Gasteiger partial charge is 0.423 e. The van der Waals surface area contributed by atoms with Gasteiger partial charge in [0, 0.05) is 11.2 Å². The first-order valence-electron chi connectivity index (χ1n) is 3.34. The third-order valence-electron chi connectivity index (χ3n) is 1.62. The molecule has 0 fully saturated rings. The summed E-state index contributed by atoms with van der Waals surface area (Å²) in [6.45, 7) is 1.78. The molecule has 0 aliphatic heterocycles. The van der Waals surface area contributed by atoms with E-state index in [-0.39, 0.29) is 0 Å². The maximum absolute atomic E-state index is 8.86. The predicted molar refractivity (Wildman–Crippen MR) is 45.4 cm³/mol. The van der Waals surface area contributed by atoms with E-state index in [1.807, 2.05) is 0 Å². The molecule has 0 bridgehead atoms. The molecule has 0 saturated carbocycles. The number of anilines is 1. The molecule has 0 atom stereocenters. The van der Waals surface area contributed by atoms with Gasteiger partial charge in [-0.3, -0.25) is 0 Å². The lowest BCUT2D eigenvalue weighted by atomic mass is 9.76. The molecule has 0 heterocycles. The third kappa shape index (κ3) is 1.53. The van der Waals surface area contributed by atoms with Crippen molar-refractivity contribution >= 4 is 18.3 Å². The van der Waals surface area contributed by atoms with Crippen molar-refractivity contribution in [3.63, 3.8) is 0 Å². The predicted octanol–water partition coefficient (Wildman–Crippen LogP) is -0.743. The minimum absolute atomic E-state index is 0.396. The van der Waals surface area contributed by atoms with Crippen LogP contribution in [0.5, 0.6) is 0 Å². The van der Waals surface area contributed by atoms with Crippen LogP contribution in [0.2, 0.25) is 0 Å². The zero-order valence-corrected chi connectivity index (χ0v) is 6.28. The van der Waals surface area contributed by atoms with Crippen molar-refractivity contribution < 1.29 is 10.0 Å². The number of benzene rings is 1. The van der Waals surface area contributed by atoms with E-state index in [1.54, 1.807) is 25.1 Å². The van der Waals surface area contributed by atoms with Crippen molar-refractivity contribution in [1.29, 1.82) is 0 Å². The molecule has 0 aliphatic rings. The maximum Gasteiger partial charge on any atom is 0.490 e. The zero-order valence-electron chi connectivity index (χ0n) is 6.28. The Morgan fingerprint density at radius 1 is 1.36 bits per heavy atom. The van der Waals surface area contributed by atoms with E-state index in [0.717, 1.165) is 5.56 Å². The molecule has 11 heavy (non-hydrogen) atoms. The summed E-state index contributed by atoms with van der Waals surface area (Å²) in [6, 6.07) is 5.20. The van der Waals surface area contributed by atoms with E-state index < -0.39 is 7.12 Å². The summed E-state index contributed by atoms with van der Waals surface area (Å²) in [4.78, 5) is 0. The normalized spacial score (nSPS) is 9.73. The largest absolute Gasteiger partial charge is 0.490 e. The molecular formula is C7H10BNO2. The van der Waals surface area contributed by atoms with E-state index in [2.05, 4.69) is 0 Å². The highest BCUT2D eigenvalue weighted by Gasteiger charge is 2.16. The van der Waals surface area contributed by atoms with E-state index >= 15 is 0 Å². The minimum atomic E-state index is -1.48. The molecule has 3 nitrogen and oxygen atoms in total. The Bertz CT molecular complexity index is 242. The van der Waals surface area contributed by atoms with Crippen LogP contribution in [0.4, 0.5) is 5.69 Å². The molecule has 0 spiro atoms. The van der Waals surface area contributed by atoms with Gasteiger partial charge >= 0.3 is 7.12 Å². The van der Waals surface area contributed by atoms with Gasteiger partial charge in [-0.2, -0.15) is 0 Å². The average molecular weight is 151 g/mol. The number of hydrogen-bond acceptors (Lipinski definition) is 3. The summed E-state index contributed by atoms with van der Waals surface area (Å²) >= 11 is 0. The molecule has 0 saturated heterocycles. The molecular weight excluding hydrogens is 141 g/mol. The Kier molecular flexibility index (Phi) is 2.17. The van der Waals surface area contributed by atoms with Crippen molar-refractivity contribution in [2.75, 3.05) is 5.73 Å². The van der Waals surface area contributed by atoms with Crippen LogP contribution >= 0.6 is 0 Å². The van der Waals surface area contributed by atoms with E-state index in [1.165, 1.54) is 0 Å². The highest BCUT2D eigenvalue weighted by molar-refractivity contribution is 6.61. The fourth-order valence-electron chi connectivity index (χ4n) is 1.06. The number of rotatable bonds is 1. The van der Waals surface area contributed by atoms with Gasteiger partial charge in [0.15, 0.2) is 0 Å². The lowest BCUT2D eigenvalue weighted by Gasteiger charge is -2.06. The first-order valence-corrected chi connectivity index (χ1v) is 3.34. The Hall–Kier alpha value is -0.995. The summed E-state index contributed by atoms with van der Waals surface area (Å²) in [7, 11) is -1.48. The van der Waals surface area contributed by atoms with Gasteiger partial charge in [0.1, 0.15) is 0 Å². The lowest BCUT2D eigenvalue weighted by molar-refractivity contribution is 0.426. The van der Waals surface area contributed by atoms with Crippen molar-refractivity contribution in [3.05, 3.63) is 23.8 Å². The zero-order chi connectivity index (χ0) is 8.43. The van der Waals surface area contributed by atoms with Crippen LogP contribution in [0.15, 0.2) is 18.2 Å². The molecule has 0 amide bonds. The topological polar surface area (TPSA) is 66.5 Å². The second kappa shape index (κ2) is 2.94. The van der Waals surface area contributed by atoms with Crippen LogP contribution in [0.1, 0.15) is 5.56 Å². The van der Waals surface area contributed by atoms with Crippen LogP contribution in [0, 0.1) is 6.92 Å². The van der Waals surface area contributed by atoms with Gasteiger partial charge in [-0.1, -0.05) is 12.1 Å². The maximum atomic E-state index is 8.86. The van der Waals surface area contributed by atoms with Crippen LogP contribution in [-0.2, 0) is 0 Å².